The summed E-state index contributed by atoms with van der Waals surface area (Å²) in [5, 5.41) is 4.44. The van der Waals surface area contributed by atoms with Crippen molar-refractivity contribution in [3.05, 3.63) is 182 Å². The van der Waals surface area contributed by atoms with Crippen LogP contribution in [0, 0.1) is 0 Å². The highest BCUT2D eigenvalue weighted by molar-refractivity contribution is 6.68. The van der Waals surface area contributed by atoms with Crippen molar-refractivity contribution in [1.29, 1.82) is 0 Å². The maximum Gasteiger partial charge on any atom is 0.159 e. The van der Waals surface area contributed by atoms with E-state index >= 15 is 0 Å². The van der Waals surface area contributed by atoms with Crippen molar-refractivity contribution in [2.75, 3.05) is 4.90 Å². The monoisotopic (exact) mass is 739 g/mol. The minimum Gasteiger partial charge on any atom is -0.453 e. The molecule has 10 rings (SSSR count). The second-order valence-corrected chi connectivity index (χ2v) is 14.8. The second kappa shape index (κ2) is 14.8. The molecule has 264 valence electrons. The molecule has 0 saturated carbocycles. The number of hydrogen-bond donors (Lipinski definition) is 0. The van der Waals surface area contributed by atoms with Gasteiger partial charge in [0, 0.05) is 27.7 Å². The Bertz CT molecular complexity index is 3160. The Hall–Kier alpha value is -6.84. The number of fused-ring (bicyclic) bond motifs is 4. The summed E-state index contributed by atoms with van der Waals surface area (Å²) < 4.78 is 7.07. The van der Waals surface area contributed by atoms with Gasteiger partial charge in [-0.15, -0.1) is 16.4 Å². The number of rotatable bonds is 7. The molecule has 0 amide bonds. The molecular formula is C52H30B5NO. The van der Waals surface area contributed by atoms with Gasteiger partial charge in [0.05, 0.1) is 5.69 Å². The molecule has 0 spiro atoms. The molecule has 1 aromatic heterocycles. The van der Waals surface area contributed by atoms with Crippen LogP contribution in [-0.4, -0.2) is 39.2 Å². The largest absolute Gasteiger partial charge is 0.453 e. The van der Waals surface area contributed by atoms with Crippen LogP contribution in [0.5, 0.6) is 0 Å². The minimum atomic E-state index is 0.184. The van der Waals surface area contributed by atoms with Crippen LogP contribution in [0.4, 0.5) is 17.1 Å². The molecule has 0 N–H and O–H groups in total. The first-order valence-electron chi connectivity index (χ1n) is 19.5. The molecule has 1 heterocycles. The predicted molar refractivity (Wildman–Crippen MR) is 255 cm³/mol. The molecule has 0 atom stereocenters. The summed E-state index contributed by atoms with van der Waals surface area (Å²) in [4.78, 5) is 2.22. The number of para-hydroxylation sites is 1. The first-order valence-corrected chi connectivity index (χ1v) is 19.5. The molecule has 0 bridgehead atoms. The van der Waals surface area contributed by atoms with E-state index in [1.165, 1.54) is 16.3 Å². The molecule has 0 aliphatic rings. The van der Waals surface area contributed by atoms with Crippen molar-refractivity contribution in [1.82, 2.24) is 0 Å². The molecule has 0 unspecified atom stereocenters. The predicted octanol–water partition coefficient (Wildman–Crippen LogP) is 8.85. The maximum absolute atomic E-state index is 7.07. The van der Waals surface area contributed by atoms with Gasteiger partial charge in [-0.3, -0.25) is 0 Å². The Balaban J connectivity index is 1.18. The van der Waals surface area contributed by atoms with Crippen molar-refractivity contribution in [3.8, 4) is 44.5 Å². The van der Waals surface area contributed by atoms with Gasteiger partial charge in [-0.2, -0.15) is 0 Å². The van der Waals surface area contributed by atoms with E-state index in [0.717, 1.165) is 72.4 Å². The van der Waals surface area contributed by atoms with Gasteiger partial charge in [-0.05, 0) is 92.2 Å². The standard InChI is InChI=1S/C52H30B5NO/c53-46-45(47(54)49(56)50(57)48(46)55)35-23-27-38(28-24-35)58(37-25-21-34(22-26-37)40-18-9-16-32-15-7-8-17-39(32)40)44-20-10-19-41-43-30-36(31-11-3-1-4-12-31)29-42(51(43)59-52(41)44)33-13-5-2-6-14-33/h1-30H. The van der Waals surface area contributed by atoms with E-state index in [1.807, 2.05) is 36.4 Å². The van der Waals surface area contributed by atoms with Crippen molar-refractivity contribution < 1.29 is 4.42 Å². The lowest BCUT2D eigenvalue weighted by Crippen LogP contribution is -2.55. The smallest absolute Gasteiger partial charge is 0.159 e. The highest BCUT2D eigenvalue weighted by Gasteiger charge is 2.22. The molecule has 9 aromatic carbocycles. The van der Waals surface area contributed by atoms with Gasteiger partial charge in [0.25, 0.3) is 0 Å². The normalized spacial score (nSPS) is 11.4. The molecule has 2 nitrogen and oxygen atoms in total. The van der Waals surface area contributed by atoms with Crippen LogP contribution in [0.25, 0.3) is 77.2 Å². The van der Waals surface area contributed by atoms with Crippen LogP contribution in [0.2, 0.25) is 0 Å². The molecule has 0 saturated heterocycles. The zero-order valence-electron chi connectivity index (χ0n) is 32.1. The highest BCUT2D eigenvalue weighted by Crippen LogP contribution is 2.46. The van der Waals surface area contributed by atoms with Gasteiger partial charge in [0.2, 0.25) is 0 Å². The Morgan fingerprint density at radius 1 is 0.339 bits per heavy atom. The molecule has 0 aliphatic heterocycles. The van der Waals surface area contributed by atoms with Gasteiger partial charge in [0.15, 0.2) is 5.58 Å². The zero-order valence-corrected chi connectivity index (χ0v) is 32.1. The van der Waals surface area contributed by atoms with E-state index in [0.29, 0.717) is 16.5 Å². The fraction of sp³-hybridized carbons (Fsp3) is 0. The third kappa shape index (κ3) is 6.30. The first-order chi connectivity index (χ1) is 28.9. The maximum atomic E-state index is 7.07. The van der Waals surface area contributed by atoms with Crippen LogP contribution in [-0.2, 0) is 0 Å². The highest BCUT2D eigenvalue weighted by atomic mass is 16.3. The van der Waals surface area contributed by atoms with E-state index in [2.05, 4.69) is 150 Å². The third-order valence-corrected chi connectivity index (χ3v) is 11.3. The molecule has 10 radical (unpaired) electrons. The third-order valence-electron chi connectivity index (χ3n) is 11.3. The van der Waals surface area contributed by atoms with E-state index in [9.17, 15) is 0 Å². The Kier molecular flexibility index (Phi) is 9.18. The van der Waals surface area contributed by atoms with Crippen LogP contribution in [0.15, 0.2) is 186 Å². The van der Waals surface area contributed by atoms with Gasteiger partial charge >= 0.3 is 0 Å². The van der Waals surface area contributed by atoms with Crippen LogP contribution < -0.4 is 32.2 Å². The van der Waals surface area contributed by atoms with Gasteiger partial charge < -0.3 is 9.32 Å². The number of furan rings is 1. The summed E-state index contributed by atoms with van der Waals surface area (Å²) in [6.07, 6.45) is 0. The SMILES string of the molecule is [B]c1c([B])c([B])c(-c2ccc(N(c3ccc(-c4cccc5ccccc45)cc3)c3cccc4c3oc3c(-c5ccccc5)cc(-c5ccccc5)cc34)cc2)c([B])c1[B]. The second-order valence-electron chi connectivity index (χ2n) is 14.8. The number of nitrogens with zero attached hydrogens (tertiary/aromatic N) is 1. The van der Waals surface area contributed by atoms with Gasteiger partial charge in [-0.25, -0.2) is 0 Å². The first kappa shape index (κ1) is 36.5. The fourth-order valence-corrected chi connectivity index (χ4v) is 8.32. The molecule has 10 aromatic rings. The Morgan fingerprint density at radius 3 is 1.54 bits per heavy atom. The van der Waals surface area contributed by atoms with E-state index in [-0.39, 0.29) is 16.4 Å². The Labute approximate surface area is 350 Å². The number of benzene rings is 9. The Morgan fingerprint density at radius 2 is 0.864 bits per heavy atom. The van der Waals surface area contributed by atoms with Crippen molar-refractivity contribution >= 4 is 116 Å². The summed E-state index contributed by atoms with van der Waals surface area (Å²) in [6, 6.07) is 63.3. The minimum absolute atomic E-state index is 0.184. The lowest BCUT2D eigenvalue weighted by molar-refractivity contribution is 0.670. The zero-order chi connectivity index (χ0) is 40.2. The number of anilines is 3. The van der Waals surface area contributed by atoms with E-state index in [1.54, 1.807) is 0 Å². The average molecular weight is 739 g/mol. The van der Waals surface area contributed by atoms with E-state index < -0.39 is 0 Å². The van der Waals surface area contributed by atoms with Crippen LogP contribution in [0.1, 0.15) is 0 Å². The summed E-state index contributed by atoms with van der Waals surface area (Å²) in [7, 11) is 31.7. The van der Waals surface area contributed by atoms with Crippen LogP contribution >= 0.6 is 0 Å². The van der Waals surface area contributed by atoms with Gasteiger partial charge in [0.1, 0.15) is 44.8 Å². The molecule has 59 heavy (non-hydrogen) atoms. The van der Waals surface area contributed by atoms with Crippen molar-refractivity contribution in [3.63, 3.8) is 0 Å². The van der Waals surface area contributed by atoms with Gasteiger partial charge in [-0.1, -0.05) is 150 Å². The summed E-state index contributed by atoms with van der Waals surface area (Å²) in [5.41, 5.74) is 13.4. The van der Waals surface area contributed by atoms with E-state index in [4.69, 9.17) is 43.6 Å². The average Bonchev–Trinajstić information content (AvgIpc) is 3.68. The topological polar surface area (TPSA) is 16.4 Å². The lowest BCUT2D eigenvalue weighted by atomic mass is 9.60. The molecule has 0 fully saturated rings. The summed E-state index contributed by atoms with van der Waals surface area (Å²) >= 11 is 0. The van der Waals surface area contributed by atoms with Crippen LogP contribution in [0.3, 0.4) is 0 Å². The number of hydrogen-bond acceptors (Lipinski definition) is 2. The quantitative estimate of drug-likeness (QED) is 0.152. The molecular weight excluding hydrogens is 709 g/mol. The summed E-state index contributed by atoms with van der Waals surface area (Å²) in [5.74, 6) is 0. The van der Waals surface area contributed by atoms with Crippen molar-refractivity contribution in [2.24, 2.45) is 0 Å². The fourth-order valence-electron chi connectivity index (χ4n) is 8.32. The summed E-state index contributed by atoms with van der Waals surface area (Å²) in [6.45, 7) is 0. The molecule has 7 heteroatoms. The van der Waals surface area contributed by atoms with Crippen molar-refractivity contribution in [2.45, 2.75) is 0 Å². The molecule has 0 aliphatic carbocycles. The lowest BCUT2D eigenvalue weighted by Gasteiger charge is -2.26.